The predicted octanol–water partition coefficient (Wildman–Crippen LogP) is 33.4. The quantitative estimate of drug-likeness (QED) is 0.130. The van der Waals surface area contributed by atoms with Crippen LogP contribution in [0.3, 0.4) is 0 Å². The highest BCUT2D eigenvalue weighted by Gasteiger charge is 2.26. The Balaban J connectivity index is 0.000000109. The maximum atomic E-state index is 7.16. The number of furan rings is 3. The summed E-state index contributed by atoms with van der Waals surface area (Å²) in [6, 6.07) is 136. The molecule has 0 atom stereocenters. The van der Waals surface area contributed by atoms with E-state index in [1.807, 2.05) is 0 Å². The summed E-state index contributed by atoms with van der Waals surface area (Å²) in [4.78, 5) is 28.3. The summed E-state index contributed by atoms with van der Waals surface area (Å²) in [6.07, 6.45) is 10.6. The van der Waals surface area contributed by atoms with Gasteiger partial charge in [-0.2, -0.15) is 0 Å². The van der Waals surface area contributed by atoms with Crippen molar-refractivity contribution in [2.75, 3.05) is 0 Å². The smallest absolute Gasteiger partial charge is 0.143 e. The Morgan fingerprint density at radius 3 is 0.924 bits per heavy atom. The average molecular weight is 1690 g/mol. The topological polar surface area (TPSA) is 117 Å². The monoisotopic (exact) mass is 1690 g/mol. The van der Waals surface area contributed by atoms with Gasteiger partial charge in [0.2, 0.25) is 0 Å². The summed E-state index contributed by atoms with van der Waals surface area (Å²) in [5.74, 6) is 0. The van der Waals surface area contributed by atoms with E-state index in [2.05, 4.69) is 413 Å². The minimum absolute atomic E-state index is 0.872. The molecule has 0 radical (unpaired) electrons. The normalized spacial score (nSPS) is 11.8. The zero-order chi connectivity index (χ0) is 87.6. The fourth-order valence-electron chi connectivity index (χ4n) is 20.4. The second-order valence-electron chi connectivity index (χ2n) is 34.3. The van der Waals surface area contributed by atoms with Crippen molar-refractivity contribution >= 4 is 164 Å². The molecule has 618 valence electrons. The van der Waals surface area contributed by atoms with Gasteiger partial charge in [0, 0.05) is 124 Å². The van der Waals surface area contributed by atoms with E-state index < -0.39 is 0 Å². The molecule has 0 aliphatic rings. The maximum absolute atomic E-state index is 7.16. The van der Waals surface area contributed by atoms with Crippen LogP contribution in [0, 0.1) is 20.8 Å². The summed E-state index contributed by atoms with van der Waals surface area (Å²) < 4.78 is 20.2. The van der Waals surface area contributed by atoms with E-state index in [0.717, 1.165) is 226 Å². The number of aromatic nitrogens is 6. The van der Waals surface area contributed by atoms with E-state index in [-0.39, 0.29) is 0 Å². The number of aryl methyl sites for hydroxylation is 3. The van der Waals surface area contributed by atoms with Crippen LogP contribution in [0.15, 0.2) is 433 Å². The molecule has 0 bridgehead atoms. The average Bonchev–Trinajstić information content (AvgIpc) is 1.50. The van der Waals surface area contributed by atoms with Crippen molar-refractivity contribution in [3.8, 4) is 100 Å². The first-order valence-corrected chi connectivity index (χ1v) is 44.7. The first-order valence-electron chi connectivity index (χ1n) is 44.7. The van der Waals surface area contributed by atoms with Crippen LogP contribution >= 0.6 is 0 Å². The van der Waals surface area contributed by atoms with Gasteiger partial charge in [-0.1, -0.05) is 321 Å². The molecule has 9 nitrogen and oxygen atoms in total. The summed E-state index contributed by atoms with van der Waals surface area (Å²) in [5, 5.41) is 20.5. The fourth-order valence-corrected chi connectivity index (χ4v) is 20.4. The molecule has 0 fully saturated rings. The Morgan fingerprint density at radius 1 is 0.152 bits per heavy atom. The zero-order valence-corrected chi connectivity index (χ0v) is 72.2. The number of para-hydroxylation sites is 2. The van der Waals surface area contributed by atoms with Gasteiger partial charge in [-0.15, -0.1) is 0 Å². The van der Waals surface area contributed by atoms with Gasteiger partial charge < -0.3 is 13.3 Å². The van der Waals surface area contributed by atoms with Crippen LogP contribution in [0.1, 0.15) is 16.7 Å². The second kappa shape index (κ2) is 31.6. The van der Waals surface area contributed by atoms with Gasteiger partial charge in [0.15, 0.2) is 0 Å². The lowest BCUT2D eigenvalue weighted by atomic mass is 9.89. The summed E-state index contributed by atoms with van der Waals surface area (Å²) >= 11 is 0. The molecule has 0 aliphatic carbocycles. The van der Waals surface area contributed by atoms with Crippen molar-refractivity contribution in [3.05, 3.63) is 436 Å². The maximum Gasteiger partial charge on any atom is 0.143 e. The SMILES string of the molecule is Cc1ccc2oc3c(-c4ccccc4-c4ccc5c(c4)c4ccccc4c4nccnc54)cc(C)cc3c2c1.Cc1cccc2c1oc1c(-c3ccccc3-c3ccc4c(c3)c3ccccc3c3nccnc43)cccc12.c1ccc(-c2cc(-c3ccccc3)c3oc4c(-c5ccccc5-c5ccc6c(c5)c5ccccc5c5nccnc65)cc(-c5ccccc5)cc4c3c2)cc1. The minimum Gasteiger partial charge on any atom is -0.455 e. The van der Waals surface area contributed by atoms with E-state index in [0.29, 0.717) is 0 Å². The first-order chi connectivity index (χ1) is 65.2. The third kappa shape index (κ3) is 12.9. The zero-order valence-electron chi connectivity index (χ0n) is 72.2. The van der Waals surface area contributed by atoms with Gasteiger partial charge in [0.1, 0.15) is 33.5 Å². The minimum atomic E-state index is 0.872. The van der Waals surface area contributed by atoms with Crippen LogP contribution in [0.4, 0.5) is 0 Å². The molecule has 0 N–H and O–H groups in total. The highest BCUT2D eigenvalue weighted by molar-refractivity contribution is 6.27. The Kier molecular flexibility index (Phi) is 18.4. The van der Waals surface area contributed by atoms with Gasteiger partial charge in [-0.3, -0.25) is 29.9 Å². The largest absolute Gasteiger partial charge is 0.455 e. The van der Waals surface area contributed by atoms with Crippen molar-refractivity contribution in [1.29, 1.82) is 0 Å². The van der Waals surface area contributed by atoms with Crippen molar-refractivity contribution in [3.63, 3.8) is 0 Å². The van der Waals surface area contributed by atoms with Gasteiger partial charge in [-0.05, 0) is 209 Å². The Morgan fingerprint density at radius 2 is 0.462 bits per heavy atom. The number of fused-ring (bicyclic) bond motifs is 27. The highest BCUT2D eigenvalue weighted by atomic mass is 16.3. The Hall–Kier alpha value is -17.4. The van der Waals surface area contributed by atoms with Crippen LogP contribution in [0.25, 0.3) is 264 Å². The third-order valence-electron chi connectivity index (χ3n) is 26.5. The van der Waals surface area contributed by atoms with Gasteiger partial charge >= 0.3 is 0 Å². The molecule has 0 saturated heterocycles. The summed E-state index contributed by atoms with van der Waals surface area (Å²) in [7, 11) is 0. The molecule has 0 unspecified atom stereocenters. The van der Waals surface area contributed by atoms with Gasteiger partial charge in [0.05, 0.1) is 33.1 Å². The summed E-state index contributed by atoms with van der Waals surface area (Å²) in [6.45, 7) is 6.39. The number of hydrogen-bond donors (Lipinski definition) is 0. The van der Waals surface area contributed by atoms with Crippen molar-refractivity contribution in [1.82, 2.24) is 29.9 Å². The molecule has 21 aromatic carbocycles. The van der Waals surface area contributed by atoms with Crippen LogP contribution in [0.5, 0.6) is 0 Å². The lowest BCUT2D eigenvalue weighted by Gasteiger charge is -2.14. The number of hydrogen-bond acceptors (Lipinski definition) is 9. The molecular weight excluding hydrogens is 1610 g/mol. The predicted molar refractivity (Wildman–Crippen MR) is 549 cm³/mol. The van der Waals surface area contributed by atoms with Crippen LogP contribution in [0.2, 0.25) is 0 Å². The molecule has 6 aromatic heterocycles. The Labute approximate surface area is 758 Å². The van der Waals surface area contributed by atoms with Gasteiger partial charge in [0.25, 0.3) is 0 Å². The van der Waals surface area contributed by atoms with E-state index in [1.54, 1.807) is 37.2 Å². The molecule has 9 heteroatoms. The number of benzene rings is 21. The second-order valence-corrected chi connectivity index (χ2v) is 34.3. The van der Waals surface area contributed by atoms with E-state index in [1.165, 1.54) is 54.7 Å². The standard InChI is InChI=1S/C52H32N2O.C36H24N2O.C35H22N2O/c1-4-14-33(15-5-1)37-29-44(35-18-8-3-9-19-35)51-47(31-37)48-32-38(34-16-6-2-7-17-34)30-46(52(48)55-51)40-21-11-10-20-39(40)36-24-25-43-45(28-36)41-22-12-13-23-42(41)49-50(43)54-27-26-53-49;1-21-11-14-33-30(17-21)32-19-22(2)18-31(36(32)39-33)25-8-4-3-7-24(25)23-12-13-28-29(20-23)26-9-5-6-10-27(26)34-35(28)38-16-15-37-34;1-21-8-6-13-29-30-15-7-14-28(35(30)38-34(21)29)24-10-3-2-9-23(24)22-16-17-27-31(20-22)25-11-4-5-12-26(25)32-33(27)37-19-18-36-32/h1-32H;3-20H,1-2H3;2-20H,1H3. The van der Waals surface area contributed by atoms with E-state index in [4.69, 9.17) is 33.2 Å². The molecule has 0 spiro atoms. The van der Waals surface area contributed by atoms with E-state index in [9.17, 15) is 0 Å². The first kappa shape index (κ1) is 77.0. The molecule has 0 saturated carbocycles. The third-order valence-corrected chi connectivity index (χ3v) is 26.5. The van der Waals surface area contributed by atoms with Crippen LogP contribution < -0.4 is 0 Å². The molecule has 0 amide bonds. The van der Waals surface area contributed by atoms with Crippen LogP contribution in [-0.4, -0.2) is 29.9 Å². The molecular formula is C123H78N6O3. The molecule has 0 aliphatic heterocycles. The number of nitrogens with zero attached hydrogens (tertiary/aromatic N) is 6. The van der Waals surface area contributed by atoms with Gasteiger partial charge in [-0.25, -0.2) is 0 Å². The highest BCUT2D eigenvalue weighted by Crippen LogP contribution is 2.50. The van der Waals surface area contributed by atoms with Crippen molar-refractivity contribution in [2.24, 2.45) is 0 Å². The fraction of sp³-hybridized carbons (Fsp3) is 0.0244. The molecule has 27 aromatic rings. The lowest BCUT2D eigenvalue weighted by molar-refractivity contribution is 0.667. The van der Waals surface area contributed by atoms with Crippen molar-refractivity contribution < 1.29 is 13.3 Å². The Bertz CT molecular complexity index is 9300. The molecule has 132 heavy (non-hydrogen) atoms. The van der Waals surface area contributed by atoms with Crippen molar-refractivity contribution in [2.45, 2.75) is 20.8 Å². The summed E-state index contributed by atoms with van der Waals surface area (Å²) in [5.41, 5.74) is 35.1. The molecule has 6 heterocycles. The molecule has 27 rings (SSSR count). The van der Waals surface area contributed by atoms with Crippen LogP contribution in [-0.2, 0) is 0 Å². The number of rotatable bonds is 9. The lowest BCUT2D eigenvalue weighted by Crippen LogP contribution is -1.90. The van der Waals surface area contributed by atoms with E-state index >= 15 is 0 Å².